The number of hydrogen-bond donors (Lipinski definition) is 2. The summed E-state index contributed by atoms with van der Waals surface area (Å²) in [5.74, 6) is -1.46. The van der Waals surface area contributed by atoms with Gasteiger partial charge in [0.2, 0.25) is 0 Å². The molecule has 41 heavy (non-hydrogen) atoms. The number of carboxylic acids is 1. The average molecular weight is 587 g/mol. The molecule has 1 saturated carbocycles. The molecule has 1 fully saturated rings. The number of benzene rings is 3. The van der Waals surface area contributed by atoms with Gasteiger partial charge >= 0.3 is 12.3 Å². The van der Waals surface area contributed by atoms with Crippen LogP contribution in [0.3, 0.4) is 0 Å². The van der Waals surface area contributed by atoms with Crippen molar-refractivity contribution >= 4 is 23.6 Å². The number of carbonyl (C=O) groups excluding carboxylic acids is 1. The highest BCUT2D eigenvalue weighted by Gasteiger charge is 2.32. The van der Waals surface area contributed by atoms with Crippen molar-refractivity contribution in [3.05, 3.63) is 95.6 Å². The monoisotopic (exact) mass is 586 g/mol. The molecule has 0 heterocycles. The van der Waals surface area contributed by atoms with Crippen molar-refractivity contribution in [1.82, 2.24) is 10.2 Å². The number of carboxylic acid groups (broad SMARTS) is 1. The van der Waals surface area contributed by atoms with Crippen LogP contribution in [0, 0.1) is 0 Å². The van der Waals surface area contributed by atoms with E-state index in [2.05, 4.69) is 22.2 Å². The fourth-order valence-corrected chi connectivity index (χ4v) is 6.43. The third kappa shape index (κ3) is 8.99. The van der Waals surface area contributed by atoms with Gasteiger partial charge in [-0.1, -0.05) is 55.3 Å². The molecule has 218 valence electrons. The number of nitrogens with one attached hydrogen (secondary N) is 1. The molecule has 1 aliphatic carbocycles. The zero-order valence-electron chi connectivity index (χ0n) is 22.6. The summed E-state index contributed by atoms with van der Waals surface area (Å²) in [6, 6.07) is 21.7. The van der Waals surface area contributed by atoms with E-state index in [0.29, 0.717) is 16.4 Å². The van der Waals surface area contributed by atoms with E-state index in [9.17, 15) is 27.9 Å². The van der Waals surface area contributed by atoms with E-state index >= 15 is 0 Å². The van der Waals surface area contributed by atoms with Crippen molar-refractivity contribution in [3.63, 3.8) is 0 Å². The molecular formula is C31H33F3N2O4S. The molecular weight excluding hydrogens is 553 g/mol. The average Bonchev–Trinajstić information content (AvgIpc) is 2.95. The molecule has 4 rings (SSSR count). The van der Waals surface area contributed by atoms with Crippen molar-refractivity contribution < 1.29 is 32.6 Å². The smallest absolute Gasteiger partial charge is 0.480 e. The molecule has 0 bridgehead atoms. The van der Waals surface area contributed by atoms with E-state index in [1.807, 2.05) is 41.9 Å². The van der Waals surface area contributed by atoms with Crippen molar-refractivity contribution in [2.75, 3.05) is 7.05 Å². The summed E-state index contributed by atoms with van der Waals surface area (Å²) >= 11 is 1.82. The fraction of sp³-hybridized carbons (Fsp3) is 0.355. The molecule has 10 heteroatoms. The Bertz CT molecular complexity index is 1290. The van der Waals surface area contributed by atoms with E-state index in [4.69, 9.17) is 0 Å². The van der Waals surface area contributed by atoms with Gasteiger partial charge in [0.15, 0.2) is 0 Å². The van der Waals surface area contributed by atoms with Gasteiger partial charge < -0.3 is 20.1 Å². The van der Waals surface area contributed by atoms with E-state index in [-0.39, 0.29) is 30.7 Å². The highest BCUT2D eigenvalue weighted by molar-refractivity contribution is 8.00. The predicted octanol–water partition coefficient (Wildman–Crippen LogP) is 6.55. The van der Waals surface area contributed by atoms with Crippen LogP contribution in [0.5, 0.6) is 5.75 Å². The molecule has 3 atom stereocenters. The Balaban J connectivity index is 1.34. The Hall–Kier alpha value is -3.50. The third-order valence-corrected chi connectivity index (χ3v) is 8.56. The lowest BCUT2D eigenvalue weighted by atomic mass is 9.93. The van der Waals surface area contributed by atoms with Crippen molar-refractivity contribution in [2.24, 2.45) is 0 Å². The van der Waals surface area contributed by atoms with Crippen LogP contribution in [-0.2, 0) is 17.8 Å². The number of nitrogens with zero attached hydrogens (tertiary/aromatic N) is 1. The van der Waals surface area contributed by atoms with Crippen LogP contribution in [0.4, 0.5) is 13.2 Å². The first-order valence-corrected chi connectivity index (χ1v) is 14.4. The minimum atomic E-state index is -4.77. The number of carbonyl (C=O) groups is 2. The van der Waals surface area contributed by atoms with E-state index in [0.717, 1.165) is 31.2 Å². The quantitative estimate of drug-likeness (QED) is 0.266. The molecule has 2 N–H and O–H groups in total. The molecule has 3 aromatic rings. The minimum Gasteiger partial charge on any atom is -0.480 e. The number of alkyl halides is 3. The van der Waals surface area contributed by atoms with Gasteiger partial charge in [0.25, 0.3) is 5.91 Å². The van der Waals surface area contributed by atoms with Gasteiger partial charge in [-0.3, -0.25) is 9.59 Å². The van der Waals surface area contributed by atoms with Crippen LogP contribution >= 0.6 is 11.8 Å². The molecule has 1 aliphatic rings. The number of amides is 1. The molecule has 6 nitrogen and oxygen atoms in total. The summed E-state index contributed by atoms with van der Waals surface area (Å²) in [6.45, 7) is 0.147. The van der Waals surface area contributed by atoms with Crippen LogP contribution in [0.15, 0.2) is 83.8 Å². The number of thioether (sulfide) groups is 1. The Kier molecular flexibility index (Phi) is 10.3. The number of halogens is 3. The zero-order chi connectivity index (χ0) is 29.4. The summed E-state index contributed by atoms with van der Waals surface area (Å²) in [7, 11) is 1.86. The fourth-order valence-electron chi connectivity index (χ4n) is 5.00. The van der Waals surface area contributed by atoms with E-state index in [1.165, 1.54) is 29.2 Å². The number of hydrogen-bond acceptors (Lipinski definition) is 5. The molecule has 2 unspecified atom stereocenters. The topological polar surface area (TPSA) is 78.9 Å². The van der Waals surface area contributed by atoms with Crippen LogP contribution in [0.25, 0.3) is 0 Å². The molecule has 0 radical (unpaired) electrons. The lowest BCUT2D eigenvalue weighted by Crippen LogP contribution is -2.45. The highest BCUT2D eigenvalue weighted by atomic mass is 32.2. The minimum absolute atomic E-state index is 0.0621. The van der Waals surface area contributed by atoms with Gasteiger partial charge in [-0.25, -0.2) is 0 Å². The van der Waals surface area contributed by atoms with Crippen LogP contribution in [0.1, 0.15) is 47.2 Å². The second kappa shape index (κ2) is 13.9. The Morgan fingerprint density at radius 1 is 0.976 bits per heavy atom. The largest absolute Gasteiger partial charge is 0.573 e. The SMILES string of the molecule is CN(C(=O)c1ccc(C[C@H](NCc2ccc(OC(F)(F)F)cc2)C(=O)O)cc1)C1CCCCC1Sc1ccccc1. The van der Waals surface area contributed by atoms with Crippen LogP contribution < -0.4 is 10.1 Å². The van der Waals surface area contributed by atoms with Crippen molar-refractivity contribution in [2.45, 2.75) is 67.2 Å². The molecule has 1 amide bonds. The number of rotatable bonds is 11. The van der Waals surface area contributed by atoms with Gasteiger partial charge in [0.05, 0.1) is 0 Å². The summed E-state index contributed by atoms with van der Waals surface area (Å²) < 4.78 is 40.9. The second-order valence-electron chi connectivity index (χ2n) is 10.1. The molecule has 0 aromatic heterocycles. The maximum Gasteiger partial charge on any atom is 0.573 e. The lowest BCUT2D eigenvalue weighted by Gasteiger charge is -2.37. The molecule has 0 aliphatic heterocycles. The number of aliphatic carboxylic acids is 1. The Morgan fingerprint density at radius 3 is 2.24 bits per heavy atom. The van der Waals surface area contributed by atoms with Crippen molar-refractivity contribution in [1.29, 1.82) is 0 Å². The van der Waals surface area contributed by atoms with Crippen LogP contribution in [-0.4, -0.2) is 52.6 Å². The van der Waals surface area contributed by atoms with Crippen LogP contribution in [0.2, 0.25) is 0 Å². The standard InChI is InChI=1S/C31H33F3N2O4S/c1-36(27-9-5-6-10-28(27)41-25-7-3-2-4-8-25)29(37)23-15-11-21(12-16-23)19-26(30(38)39)35-20-22-13-17-24(18-14-22)40-31(32,33)34/h2-4,7-8,11-18,26-28,35H,5-6,9-10,19-20H2,1H3,(H,38,39)/t26-,27?,28?/m0/s1. The summed E-state index contributed by atoms with van der Waals surface area (Å²) in [4.78, 5) is 28.3. The van der Waals surface area contributed by atoms with E-state index < -0.39 is 18.4 Å². The Labute approximate surface area is 241 Å². The third-order valence-electron chi connectivity index (χ3n) is 7.16. The first-order chi connectivity index (χ1) is 19.6. The first-order valence-electron chi connectivity index (χ1n) is 13.5. The summed E-state index contributed by atoms with van der Waals surface area (Å²) in [5.41, 5.74) is 1.90. The normalized spacial score (nSPS) is 18.0. The van der Waals surface area contributed by atoms with Gasteiger partial charge in [-0.15, -0.1) is 24.9 Å². The van der Waals surface area contributed by atoms with Gasteiger partial charge in [-0.05, 0) is 66.8 Å². The summed E-state index contributed by atoms with van der Waals surface area (Å²) in [6.07, 6.45) is -0.363. The molecule has 0 spiro atoms. The molecule has 3 aromatic carbocycles. The summed E-state index contributed by atoms with van der Waals surface area (Å²) in [5, 5.41) is 13.0. The number of ether oxygens (including phenoxy) is 1. The maximum absolute atomic E-state index is 13.4. The van der Waals surface area contributed by atoms with Gasteiger partial charge in [-0.2, -0.15) is 0 Å². The van der Waals surface area contributed by atoms with Crippen molar-refractivity contribution in [3.8, 4) is 5.75 Å². The van der Waals surface area contributed by atoms with E-state index in [1.54, 1.807) is 24.3 Å². The Morgan fingerprint density at radius 2 is 1.61 bits per heavy atom. The lowest BCUT2D eigenvalue weighted by molar-refractivity contribution is -0.274. The maximum atomic E-state index is 13.4. The zero-order valence-corrected chi connectivity index (χ0v) is 23.5. The second-order valence-corrected chi connectivity index (χ2v) is 11.4. The first kappa shape index (κ1) is 30.5. The molecule has 0 saturated heterocycles. The highest BCUT2D eigenvalue weighted by Crippen LogP contribution is 2.36. The van der Waals surface area contributed by atoms with Gasteiger partial charge in [0.1, 0.15) is 11.8 Å². The predicted molar refractivity (Wildman–Crippen MR) is 152 cm³/mol. The van der Waals surface area contributed by atoms with Gasteiger partial charge in [0, 0.05) is 35.3 Å².